The van der Waals surface area contributed by atoms with Crippen LogP contribution in [0.4, 0.5) is 0 Å². The van der Waals surface area contributed by atoms with E-state index in [-0.39, 0.29) is 11.3 Å². The number of carboxylic acids is 1. The quantitative estimate of drug-likeness (QED) is 0.779. The predicted octanol–water partition coefficient (Wildman–Crippen LogP) is 4.38. The molecule has 3 aromatic rings. The summed E-state index contributed by atoms with van der Waals surface area (Å²) in [5.74, 6) is -0.334. The second kappa shape index (κ2) is 5.42. The van der Waals surface area contributed by atoms with Crippen LogP contribution in [0.15, 0.2) is 54.7 Å². The van der Waals surface area contributed by atoms with Crippen molar-refractivity contribution < 1.29 is 14.6 Å². The van der Waals surface area contributed by atoms with Gasteiger partial charge >= 0.3 is 5.97 Å². The van der Waals surface area contributed by atoms with Gasteiger partial charge in [0.25, 0.3) is 0 Å². The third-order valence-electron chi connectivity index (χ3n) is 2.98. The van der Waals surface area contributed by atoms with Crippen LogP contribution in [0, 0.1) is 0 Å². The number of benzene rings is 2. The van der Waals surface area contributed by atoms with Gasteiger partial charge in [-0.2, -0.15) is 0 Å². The third kappa shape index (κ3) is 2.80. The molecule has 0 radical (unpaired) electrons. The lowest BCUT2D eigenvalue weighted by Crippen LogP contribution is -2.00. The van der Waals surface area contributed by atoms with Gasteiger partial charge in [0.2, 0.25) is 0 Å². The van der Waals surface area contributed by atoms with E-state index < -0.39 is 5.97 Å². The van der Waals surface area contributed by atoms with Crippen LogP contribution in [-0.4, -0.2) is 16.1 Å². The molecule has 0 spiro atoms. The maximum absolute atomic E-state index is 11.2. The molecule has 0 aliphatic rings. The minimum atomic E-state index is -1.09. The zero-order valence-electron chi connectivity index (χ0n) is 10.8. The average molecular weight is 300 g/mol. The molecule has 0 atom stereocenters. The highest BCUT2D eigenvalue weighted by atomic mass is 35.5. The fourth-order valence-electron chi connectivity index (χ4n) is 2.00. The number of aromatic carboxylic acids is 1. The summed E-state index contributed by atoms with van der Waals surface area (Å²) in [4.78, 5) is 15.5. The Balaban J connectivity index is 2.00. The molecule has 104 valence electrons. The first kappa shape index (κ1) is 13.4. The Morgan fingerprint density at radius 2 is 2.00 bits per heavy atom. The maximum Gasteiger partial charge on any atom is 0.339 e. The summed E-state index contributed by atoms with van der Waals surface area (Å²) < 4.78 is 5.65. The van der Waals surface area contributed by atoms with Crippen molar-refractivity contribution in [1.82, 2.24) is 4.98 Å². The Morgan fingerprint density at radius 1 is 1.14 bits per heavy atom. The zero-order chi connectivity index (χ0) is 14.8. The fourth-order valence-corrected chi connectivity index (χ4v) is 2.17. The number of hydrogen-bond donors (Lipinski definition) is 1. The van der Waals surface area contributed by atoms with Crippen molar-refractivity contribution in [3.8, 4) is 11.5 Å². The predicted molar refractivity (Wildman–Crippen MR) is 80.2 cm³/mol. The smallest absolute Gasteiger partial charge is 0.339 e. The molecule has 0 saturated heterocycles. The van der Waals surface area contributed by atoms with E-state index in [0.717, 1.165) is 10.9 Å². The first-order valence-corrected chi connectivity index (χ1v) is 6.57. The van der Waals surface area contributed by atoms with Gasteiger partial charge in [0.05, 0.1) is 5.52 Å². The van der Waals surface area contributed by atoms with Gasteiger partial charge in [-0.25, -0.2) is 4.79 Å². The van der Waals surface area contributed by atoms with Crippen LogP contribution in [0.2, 0.25) is 5.02 Å². The fraction of sp³-hybridized carbons (Fsp3) is 0. The standard InChI is InChI=1S/C16H10ClNO3/c17-11-4-6-15(13(8-11)16(19)20)21-12-5-3-10-2-1-7-18-14(10)9-12/h1-9H,(H,19,20). The van der Waals surface area contributed by atoms with E-state index in [9.17, 15) is 9.90 Å². The summed E-state index contributed by atoms with van der Waals surface area (Å²) in [5.41, 5.74) is 0.796. The summed E-state index contributed by atoms with van der Waals surface area (Å²) in [7, 11) is 0. The molecule has 1 heterocycles. The topological polar surface area (TPSA) is 59.4 Å². The first-order chi connectivity index (χ1) is 10.1. The molecule has 0 aliphatic carbocycles. The molecule has 0 amide bonds. The number of hydrogen-bond acceptors (Lipinski definition) is 3. The molecule has 0 aliphatic heterocycles. The van der Waals surface area contributed by atoms with Gasteiger partial charge in [-0.05, 0) is 36.4 Å². The minimum absolute atomic E-state index is 0.0172. The van der Waals surface area contributed by atoms with Crippen molar-refractivity contribution in [2.24, 2.45) is 0 Å². The van der Waals surface area contributed by atoms with Crippen molar-refractivity contribution in [3.05, 3.63) is 65.3 Å². The lowest BCUT2D eigenvalue weighted by molar-refractivity contribution is 0.0694. The van der Waals surface area contributed by atoms with Crippen LogP contribution in [0.3, 0.4) is 0 Å². The van der Waals surface area contributed by atoms with Gasteiger partial charge in [0.1, 0.15) is 17.1 Å². The molecule has 5 heteroatoms. The van der Waals surface area contributed by atoms with Crippen molar-refractivity contribution >= 4 is 28.5 Å². The van der Waals surface area contributed by atoms with E-state index in [1.54, 1.807) is 24.4 Å². The molecule has 0 fully saturated rings. The van der Waals surface area contributed by atoms with E-state index in [2.05, 4.69) is 4.98 Å². The zero-order valence-corrected chi connectivity index (χ0v) is 11.5. The van der Waals surface area contributed by atoms with E-state index in [1.807, 2.05) is 18.2 Å². The van der Waals surface area contributed by atoms with Gasteiger partial charge in [-0.3, -0.25) is 4.98 Å². The van der Waals surface area contributed by atoms with Crippen LogP contribution >= 0.6 is 11.6 Å². The second-order valence-electron chi connectivity index (χ2n) is 4.41. The first-order valence-electron chi connectivity index (χ1n) is 6.19. The van der Waals surface area contributed by atoms with Crippen molar-refractivity contribution in [1.29, 1.82) is 0 Å². The number of pyridine rings is 1. The van der Waals surface area contributed by atoms with Gasteiger partial charge in [-0.1, -0.05) is 17.7 Å². The number of halogens is 1. The number of carbonyl (C=O) groups is 1. The molecule has 0 saturated carbocycles. The van der Waals surface area contributed by atoms with Crippen molar-refractivity contribution in [2.75, 3.05) is 0 Å². The number of fused-ring (bicyclic) bond motifs is 1. The van der Waals surface area contributed by atoms with Crippen LogP contribution < -0.4 is 4.74 Å². The largest absolute Gasteiger partial charge is 0.478 e. The van der Waals surface area contributed by atoms with Crippen molar-refractivity contribution in [2.45, 2.75) is 0 Å². The van der Waals surface area contributed by atoms with E-state index in [0.29, 0.717) is 10.8 Å². The Morgan fingerprint density at radius 3 is 2.81 bits per heavy atom. The van der Waals surface area contributed by atoms with Crippen LogP contribution in [-0.2, 0) is 0 Å². The van der Waals surface area contributed by atoms with Gasteiger partial charge < -0.3 is 9.84 Å². The Bertz CT molecular complexity index is 833. The molecule has 1 aromatic heterocycles. The van der Waals surface area contributed by atoms with Crippen LogP contribution in [0.5, 0.6) is 11.5 Å². The number of nitrogens with zero attached hydrogens (tertiary/aromatic N) is 1. The molecular weight excluding hydrogens is 290 g/mol. The SMILES string of the molecule is O=C(O)c1cc(Cl)ccc1Oc1ccc2cccnc2c1. The second-order valence-corrected chi connectivity index (χ2v) is 4.84. The third-order valence-corrected chi connectivity index (χ3v) is 3.21. The lowest BCUT2D eigenvalue weighted by atomic mass is 10.2. The Kier molecular flexibility index (Phi) is 3.46. The molecule has 4 nitrogen and oxygen atoms in total. The summed E-state index contributed by atoms with van der Waals surface area (Å²) in [6.45, 7) is 0. The lowest BCUT2D eigenvalue weighted by Gasteiger charge is -2.09. The Labute approximate surface area is 125 Å². The highest BCUT2D eigenvalue weighted by molar-refractivity contribution is 6.31. The number of rotatable bonds is 3. The van der Waals surface area contributed by atoms with E-state index in [1.165, 1.54) is 12.1 Å². The monoisotopic (exact) mass is 299 g/mol. The molecule has 0 bridgehead atoms. The van der Waals surface area contributed by atoms with E-state index >= 15 is 0 Å². The number of carboxylic acid groups (broad SMARTS) is 1. The molecule has 21 heavy (non-hydrogen) atoms. The normalized spacial score (nSPS) is 10.5. The average Bonchev–Trinajstić information content (AvgIpc) is 2.49. The molecule has 3 rings (SSSR count). The molecular formula is C16H10ClNO3. The van der Waals surface area contributed by atoms with Crippen molar-refractivity contribution in [3.63, 3.8) is 0 Å². The summed E-state index contributed by atoms with van der Waals surface area (Å²) in [6.07, 6.45) is 1.69. The number of aromatic nitrogens is 1. The molecule has 1 N–H and O–H groups in total. The van der Waals surface area contributed by atoms with Crippen LogP contribution in [0.1, 0.15) is 10.4 Å². The van der Waals surface area contributed by atoms with Crippen LogP contribution in [0.25, 0.3) is 10.9 Å². The highest BCUT2D eigenvalue weighted by Gasteiger charge is 2.13. The summed E-state index contributed by atoms with van der Waals surface area (Å²) in [6, 6.07) is 13.7. The summed E-state index contributed by atoms with van der Waals surface area (Å²) >= 11 is 5.81. The molecule has 2 aromatic carbocycles. The van der Waals surface area contributed by atoms with Gasteiger partial charge in [0.15, 0.2) is 0 Å². The number of ether oxygens (including phenoxy) is 1. The summed E-state index contributed by atoms with van der Waals surface area (Å²) in [5, 5.41) is 10.5. The Hall–Kier alpha value is -2.59. The van der Waals surface area contributed by atoms with E-state index in [4.69, 9.17) is 16.3 Å². The minimum Gasteiger partial charge on any atom is -0.478 e. The molecule has 0 unspecified atom stereocenters. The maximum atomic E-state index is 11.2. The van der Waals surface area contributed by atoms with Gasteiger partial charge in [0, 0.05) is 22.7 Å². The highest BCUT2D eigenvalue weighted by Crippen LogP contribution is 2.29. The van der Waals surface area contributed by atoms with Gasteiger partial charge in [-0.15, -0.1) is 0 Å².